The molecule has 1 atom stereocenters. The van der Waals surface area contributed by atoms with E-state index in [1.165, 1.54) is 61.5 Å². The Kier molecular flexibility index (Phi) is 9.58. The number of hydrogen-bond donors (Lipinski definition) is 1. The van der Waals surface area contributed by atoms with Crippen LogP contribution in [-0.2, 0) is 24.0 Å². The molecular weight excluding hydrogens is 540 g/mol. The van der Waals surface area contributed by atoms with E-state index in [-0.39, 0.29) is 11.4 Å². The van der Waals surface area contributed by atoms with Crippen molar-refractivity contribution in [3.63, 3.8) is 0 Å². The average molecular weight is 583 g/mol. The van der Waals surface area contributed by atoms with E-state index >= 15 is 0 Å². The molecule has 2 aliphatic heterocycles. The fraction of sp³-hybridized carbons (Fsp3) is 0.400. The minimum absolute atomic E-state index is 0.00330. The van der Waals surface area contributed by atoms with Gasteiger partial charge in [0.15, 0.2) is 5.82 Å². The standard InChI is InChI=1S/C18H17N3O3.C17H25NO/c1-11-6-4-7-13(12(11)2)15-8-5-9-16(20-15)21-17(24-3)14(10-19-21)18(22)23;1-3-14-4-5-15-6-9-18(16-8-11-19-12-16)10-7-17(15)13(14)2/h4-10H,1-3H3,(H,22,23);4-5,16H,3,6-12H2,1-2H3/t;16-/m.1/s1. The molecule has 2 aliphatic rings. The van der Waals surface area contributed by atoms with Gasteiger partial charge in [0.2, 0.25) is 5.88 Å². The highest BCUT2D eigenvalue weighted by Crippen LogP contribution is 2.27. The largest absolute Gasteiger partial charge is 0.480 e. The number of benzene rings is 2. The predicted molar refractivity (Wildman–Crippen MR) is 169 cm³/mol. The molecule has 8 heteroatoms. The van der Waals surface area contributed by atoms with Gasteiger partial charge in [0.25, 0.3) is 0 Å². The number of aromatic nitrogens is 3. The van der Waals surface area contributed by atoms with Gasteiger partial charge in [-0.25, -0.2) is 9.78 Å². The molecule has 0 aliphatic carbocycles. The Morgan fingerprint density at radius 3 is 2.56 bits per heavy atom. The molecule has 0 unspecified atom stereocenters. The van der Waals surface area contributed by atoms with Gasteiger partial charge in [-0.2, -0.15) is 9.78 Å². The van der Waals surface area contributed by atoms with Gasteiger partial charge in [0, 0.05) is 31.3 Å². The lowest BCUT2D eigenvalue weighted by atomic mass is 9.93. The summed E-state index contributed by atoms with van der Waals surface area (Å²) in [5.74, 6) is -0.449. The highest BCUT2D eigenvalue weighted by Gasteiger charge is 2.26. The van der Waals surface area contributed by atoms with Gasteiger partial charge in [0.05, 0.1) is 25.6 Å². The van der Waals surface area contributed by atoms with Crippen LogP contribution < -0.4 is 4.74 Å². The SMILES string of the molecule is CCc1ccc2c(c1C)CCN([C@@H]1CCOC1)CC2.COc1c(C(=O)O)cnn1-c1cccc(-c2cccc(C)c2C)n1. The number of carboxylic acids is 1. The van der Waals surface area contributed by atoms with E-state index in [9.17, 15) is 9.90 Å². The van der Waals surface area contributed by atoms with Gasteiger partial charge in [-0.3, -0.25) is 4.90 Å². The number of hydrogen-bond acceptors (Lipinski definition) is 6. The fourth-order valence-electron chi connectivity index (χ4n) is 6.20. The van der Waals surface area contributed by atoms with E-state index in [1.54, 1.807) is 22.8 Å². The zero-order valence-electron chi connectivity index (χ0n) is 25.9. The molecule has 1 fully saturated rings. The van der Waals surface area contributed by atoms with Crippen LogP contribution in [0.4, 0.5) is 0 Å². The summed E-state index contributed by atoms with van der Waals surface area (Å²) in [7, 11) is 1.41. The number of rotatable bonds is 6. The second-order valence-corrected chi connectivity index (χ2v) is 11.3. The van der Waals surface area contributed by atoms with E-state index in [0.29, 0.717) is 11.9 Å². The highest BCUT2D eigenvalue weighted by molar-refractivity contribution is 5.90. The van der Waals surface area contributed by atoms with Crippen molar-refractivity contribution in [2.45, 2.75) is 59.4 Å². The maximum Gasteiger partial charge on any atom is 0.342 e. The zero-order valence-corrected chi connectivity index (χ0v) is 25.9. The summed E-state index contributed by atoms with van der Waals surface area (Å²) >= 11 is 0. The van der Waals surface area contributed by atoms with Crippen molar-refractivity contribution in [2.75, 3.05) is 33.4 Å². The Labute approximate surface area is 254 Å². The minimum Gasteiger partial charge on any atom is -0.480 e. The van der Waals surface area contributed by atoms with Crippen LogP contribution in [0.25, 0.3) is 17.1 Å². The number of carboxylic acid groups (broad SMARTS) is 1. The Morgan fingerprint density at radius 2 is 1.84 bits per heavy atom. The predicted octanol–water partition coefficient (Wildman–Crippen LogP) is 6.00. The number of pyridine rings is 1. The second kappa shape index (κ2) is 13.5. The summed E-state index contributed by atoms with van der Waals surface area (Å²) in [6.45, 7) is 13.0. The molecule has 0 amide bonds. The molecule has 1 N–H and O–H groups in total. The van der Waals surface area contributed by atoms with E-state index < -0.39 is 5.97 Å². The number of aromatic carboxylic acids is 1. The van der Waals surface area contributed by atoms with E-state index in [0.717, 1.165) is 36.5 Å². The summed E-state index contributed by atoms with van der Waals surface area (Å²) in [5, 5.41) is 13.3. The second-order valence-electron chi connectivity index (χ2n) is 11.3. The molecule has 2 aromatic heterocycles. The number of ether oxygens (including phenoxy) is 2. The number of methoxy groups -OCH3 is 1. The lowest BCUT2D eigenvalue weighted by Gasteiger charge is -2.25. The molecule has 226 valence electrons. The molecular formula is C35H42N4O4. The molecule has 1 saturated heterocycles. The molecule has 4 aromatic rings. The first-order chi connectivity index (χ1) is 20.8. The van der Waals surface area contributed by atoms with Crippen LogP contribution in [0.5, 0.6) is 5.88 Å². The van der Waals surface area contributed by atoms with Gasteiger partial charge in [0.1, 0.15) is 5.56 Å². The van der Waals surface area contributed by atoms with Gasteiger partial charge in [-0.1, -0.05) is 43.3 Å². The van der Waals surface area contributed by atoms with Crippen molar-refractivity contribution in [1.82, 2.24) is 19.7 Å². The van der Waals surface area contributed by atoms with Crippen LogP contribution in [0, 0.1) is 20.8 Å². The van der Waals surface area contributed by atoms with Crippen LogP contribution in [0.15, 0.2) is 54.7 Å². The summed E-state index contributed by atoms with van der Waals surface area (Å²) in [4.78, 5) is 18.5. The maximum atomic E-state index is 11.2. The Morgan fingerprint density at radius 1 is 1.05 bits per heavy atom. The summed E-state index contributed by atoms with van der Waals surface area (Å²) in [6.07, 6.45) is 6.05. The molecule has 4 heterocycles. The topological polar surface area (TPSA) is 89.7 Å². The smallest absolute Gasteiger partial charge is 0.342 e. The van der Waals surface area contributed by atoms with E-state index in [4.69, 9.17) is 9.47 Å². The summed E-state index contributed by atoms with van der Waals surface area (Å²) in [6, 6.07) is 17.0. The van der Waals surface area contributed by atoms with E-state index in [2.05, 4.69) is 60.9 Å². The molecule has 0 spiro atoms. The van der Waals surface area contributed by atoms with Crippen LogP contribution in [0.3, 0.4) is 0 Å². The summed E-state index contributed by atoms with van der Waals surface area (Å²) < 4.78 is 12.1. The van der Waals surface area contributed by atoms with Crippen LogP contribution in [0.2, 0.25) is 0 Å². The molecule has 0 bridgehead atoms. The van der Waals surface area contributed by atoms with Crippen molar-refractivity contribution in [3.8, 4) is 23.0 Å². The van der Waals surface area contributed by atoms with E-state index in [1.807, 2.05) is 24.3 Å². The first-order valence-corrected chi connectivity index (χ1v) is 15.1. The van der Waals surface area contributed by atoms with Crippen LogP contribution >= 0.6 is 0 Å². The van der Waals surface area contributed by atoms with Crippen molar-refractivity contribution in [3.05, 3.63) is 93.7 Å². The molecule has 6 rings (SSSR count). The van der Waals surface area contributed by atoms with Crippen LogP contribution in [0.1, 0.15) is 57.1 Å². The third kappa shape index (κ3) is 6.50. The quantitative estimate of drug-likeness (QED) is 0.298. The first-order valence-electron chi connectivity index (χ1n) is 15.1. The first kappa shape index (κ1) is 30.4. The monoisotopic (exact) mass is 582 g/mol. The fourth-order valence-corrected chi connectivity index (χ4v) is 6.20. The molecule has 43 heavy (non-hydrogen) atoms. The van der Waals surface area contributed by atoms with Gasteiger partial charge < -0.3 is 14.6 Å². The molecule has 8 nitrogen and oxygen atoms in total. The number of aryl methyl sites for hydroxylation is 2. The van der Waals surface area contributed by atoms with Gasteiger partial charge >= 0.3 is 5.97 Å². The Bertz CT molecular complexity index is 1590. The minimum atomic E-state index is -1.09. The normalized spacial score (nSPS) is 16.6. The highest BCUT2D eigenvalue weighted by atomic mass is 16.5. The lowest BCUT2D eigenvalue weighted by Crippen LogP contribution is -2.37. The van der Waals surface area contributed by atoms with Gasteiger partial charge in [-0.15, -0.1) is 0 Å². The average Bonchev–Trinajstić information content (AvgIpc) is 3.66. The number of fused-ring (bicyclic) bond motifs is 1. The number of nitrogens with zero attached hydrogens (tertiary/aromatic N) is 4. The van der Waals surface area contributed by atoms with Crippen LogP contribution in [-0.4, -0.2) is 70.2 Å². The Hall–Kier alpha value is -4.01. The Balaban J connectivity index is 0.000000176. The zero-order chi connectivity index (χ0) is 30.5. The third-order valence-corrected chi connectivity index (χ3v) is 8.91. The van der Waals surface area contributed by atoms with Crippen molar-refractivity contribution in [1.29, 1.82) is 0 Å². The van der Waals surface area contributed by atoms with Crippen molar-refractivity contribution < 1.29 is 19.4 Å². The molecule has 2 aromatic carbocycles. The third-order valence-electron chi connectivity index (χ3n) is 8.91. The van der Waals surface area contributed by atoms with Crippen molar-refractivity contribution in [2.24, 2.45) is 0 Å². The maximum absolute atomic E-state index is 11.2. The van der Waals surface area contributed by atoms with Gasteiger partial charge in [-0.05, 0) is 92.0 Å². The summed E-state index contributed by atoms with van der Waals surface area (Å²) in [5.41, 5.74) is 10.4. The number of carbonyl (C=O) groups is 1. The molecule has 0 radical (unpaired) electrons. The molecule has 0 saturated carbocycles. The lowest BCUT2D eigenvalue weighted by molar-refractivity contribution is 0.0693. The van der Waals surface area contributed by atoms with Crippen molar-refractivity contribution >= 4 is 5.97 Å².